The van der Waals surface area contributed by atoms with Gasteiger partial charge < -0.3 is 17.0 Å². The molecule has 0 bridgehead atoms. The van der Waals surface area contributed by atoms with Crippen LogP contribution in [0.15, 0.2) is 48.5 Å². The number of carbonyl (C=O) groups excluding carboxylic acids is 2. The molecule has 19 heavy (non-hydrogen) atoms. The molecule has 0 N–H and O–H groups in total. The molecule has 2 aromatic rings. The van der Waals surface area contributed by atoms with E-state index >= 15 is 0 Å². The third kappa shape index (κ3) is 3.41. The Bertz CT molecular complexity index is 484. The summed E-state index contributed by atoms with van der Waals surface area (Å²) in [7, 11) is 0. The Hall–Kier alpha value is -1.22. The number of halogens is 1. The van der Waals surface area contributed by atoms with Crippen LogP contribution in [0, 0.1) is 0 Å². The molecule has 3 rings (SSSR count). The zero-order chi connectivity index (χ0) is 13.5. The van der Waals surface area contributed by atoms with E-state index in [4.69, 9.17) is 9.59 Å². The number of hydrogen-bond acceptors (Lipinski definition) is 2. The van der Waals surface area contributed by atoms with Crippen molar-refractivity contribution in [3.8, 4) is 11.1 Å². The molecule has 4 radical (unpaired) electrons. The third-order valence-electron chi connectivity index (χ3n) is 2.74. The van der Waals surface area contributed by atoms with Gasteiger partial charge in [-0.05, 0) is 0 Å². The molecule has 0 spiro atoms. The van der Waals surface area contributed by atoms with Crippen molar-refractivity contribution in [1.29, 1.82) is 0 Å². The summed E-state index contributed by atoms with van der Waals surface area (Å²) in [6.07, 6.45) is 0. The summed E-state index contributed by atoms with van der Waals surface area (Å²) < 4.78 is 0. The van der Waals surface area contributed by atoms with Crippen LogP contribution >= 0.6 is 0 Å². The van der Waals surface area contributed by atoms with Crippen molar-refractivity contribution in [3.05, 3.63) is 59.7 Å². The van der Waals surface area contributed by atoms with Crippen molar-refractivity contribution in [1.82, 2.24) is 0 Å². The molecule has 0 unspecified atom stereocenters. The van der Waals surface area contributed by atoms with E-state index in [1.54, 1.807) is 0 Å². The van der Waals surface area contributed by atoms with Crippen molar-refractivity contribution in [3.63, 3.8) is 0 Å². The molecule has 4 heteroatoms. The second kappa shape index (κ2) is 8.81. The maximum atomic E-state index is 7.50. The first-order chi connectivity index (χ1) is 8.88. The normalized spacial score (nSPS) is 10.6. The summed E-state index contributed by atoms with van der Waals surface area (Å²) >= 11 is 4.22. The average molecular weight is 357 g/mol. The second-order valence-electron chi connectivity index (χ2n) is 3.52. The van der Waals surface area contributed by atoms with Crippen LogP contribution in [0.3, 0.4) is 0 Å². The SMILES string of the molecule is [Br-].[C]=O.[C]=O.[Fe+][CH]1c2ccccc2-c2ccccc21. The summed E-state index contributed by atoms with van der Waals surface area (Å²) in [4.78, 5) is 15.3. The van der Waals surface area contributed by atoms with E-state index in [2.05, 4.69) is 78.1 Å². The van der Waals surface area contributed by atoms with E-state index in [9.17, 15) is 0 Å². The molecule has 1 aliphatic carbocycles. The number of rotatable bonds is 0. The zero-order valence-electron chi connectivity index (χ0n) is 9.74. The summed E-state index contributed by atoms with van der Waals surface area (Å²) in [5.74, 6) is 0. The zero-order valence-corrected chi connectivity index (χ0v) is 12.4. The summed E-state index contributed by atoms with van der Waals surface area (Å²) in [6, 6.07) is 17.1. The first-order valence-electron chi connectivity index (χ1n) is 5.09. The molecule has 0 saturated carbocycles. The molecule has 0 fully saturated rings. The van der Waals surface area contributed by atoms with Gasteiger partial charge in [-0.3, -0.25) is 9.59 Å². The standard InChI is InChI=1S/C13H9.2CO.BrH.Fe/c1-3-7-12-10(5-1)9-11-6-2-4-8-13(11)12;2*1-2;;/h1-9H;;;1H;/q;;;;+1/p-1. The second-order valence-corrected chi connectivity index (χ2v) is 4.16. The molecule has 0 amide bonds. The van der Waals surface area contributed by atoms with Crippen molar-refractivity contribution in [2.45, 2.75) is 4.82 Å². The van der Waals surface area contributed by atoms with Crippen LogP contribution < -0.4 is 17.0 Å². The molecule has 2 aromatic carbocycles. The molecule has 0 saturated heterocycles. The van der Waals surface area contributed by atoms with Crippen LogP contribution in [0.5, 0.6) is 0 Å². The van der Waals surface area contributed by atoms with Gasteiger partial charge in [-0.25, -0.2) is 0 Å². The van der Waals surface area contributed by atoms with Gasteiger partial charge in [0.1, 0.15) is 0 Å². The topological polar surface area (TPSA) is 34.1 Å². The Labute approximate surface area is 131 Å². The quantitative estimate of drug-likeness (QED) is 0.597. The van der Waals surface area contributed by atoms with Crippen LogP contribution in [0.2, 0.25) is 0 Å². The molecule has 0 atom stereocenters. The van der Waals surface area contributed by atoms with E-state index in [1.165, 1.54) is 22.3 Å². The predicted molar refractivity (Wildman–Crippen MR) is 65.1 cm³/mol. The predicted octanol–water partition coefficient (Wildman–Crippen LogP) is -0.487. The molecule has 96 valence electrons. The van der Waals surface area contributed by atoms with Gasteiger partial charge in [0, 0.05) is 0 Å². The van der Waals surface area contributed by atoms with Crippen LogP contribution in [0.25, 0.3) is 11.1 Å². The molecule has 0 aliphatic heterocycles. The van der Waals surface area contributed by atoms with Gasteiger partial charge in [0.2, 0.25) is 0 Å². The molecular formula is C15H9BrFeO2. The molecule has 0 heterocycles. The number of fused-ring (bicyclic) bond motifs is 3. The molecule has 2 nitrogen and oxygen atoms in total. The fraction of sp³-hybridized carbons (Fsp3) is 0.0667. The van der Waals surface area contributed by atoms with Gasteiger partial charge >= 0.3 is 91.6 Å². The summed E-state index contributed by atoms with van der Waals surface area (Å²) in [5.41, 5.74) is 5.41. The van der Waals surface area contributed by atoms with Gasteiger partial charge in [0.15, 0.2) is 0 Å². The molecule has 0 aromatic heterocycles. The van der Waals surface area contributed by atoms with Gasteiger partial charge in [0.05, 0.1) is 0 Å². The fourth-order valence-electron chi connectivity index (χ4n) is 2.08. The van der Waals surface area contributed by atoms with Gasteiger partial charge in [-0.15, -0.1) is 0 Å². The Balaban J connectivity index is 0.000000597. The van der Waals surface area contributed by atoms with Crippen molar-refractivity contribution in [2.24, 2.45) is 0 Å². The van der Waals surface area contributed by atoms with Gasteiger partial charge in [-0.1, -0.05) is 0 Å². The summed E-state index contributed by atoms with van der Waals surface area (Å²) in [5, 5.41) is 0. The van der Waals surface area contributed by atoms with Crippen molar-refractivity contribution >= 4 is 13.6 Å². The Morgan fingerprint density at radius 1 is 0.737 bits per heavy atom. The average Bonchev–Trinajstić information content (AvgIpc) is 2.78. The fourth-order valence-corrected chi connectivity index (χ4v) is 2.64. The summed E-state index contributed by atoms with van der Waals surface area (Å²) in [6.45, 7) is 9.00. The monoisotopic (exact) mass is 356 g/mol. The maximum absolute atomic E-state index is 7.50. The van der Waals surface area contributed by atoms with E-state index in [0.717, 1.165) is 0 Å². The van der Waals surface area contributed by atoms with Crippen molar-refractivity contribution in [2.75, 3.05) is 0 Å². The van der Waals surface area contributed by atoms with Crippen LogP contribution in [-0.4, -0.2) is 13.6 Å². The van der Waals surface area contributed by atoms with Crippen LogP contribution in [0.4, 0.5) is 0 Å². The van der Waals surface area contributed by atoms with Crippen molar-refractivity contribution < 1.29 is 42.6 Å². The van der Waals surface area contributed by atoms with Crippen LogP contribution in [-0.2, 0) is 25.6 Å². The Morgan fingerprint density at radius 2 is 1.05 bits per heavy atom. The Kier molecular flexibility index (Phi) is 8.24. The van der Waals surface area contributed by atoms with E-state index in [1.807, 2.05) is 0 Å². The molecular weight excluding hydrogens is 348 g/mol. The minimum absolute atomic E-state index is 0. The van der Waals surface area contributed by atoms with Gasteiger partial charge in [-0.2, -0.15) is 0 Å². The van der Waals surface area contributed by atoms with E-state index < -0.39 is 0 Å². The first kappa shape index (κ1) is 17.8. The Morgan fingerprint density at radius 3 is 1.42 bits per heavy atom. The minimum atomic E-state index is 0. The first-order valence-corrected chi connectivity index (χ1v) is 5.73. The van der Waals surface area contributed by atoms with E-state index in [-0.39, 0.29) is 17.0 Å². The van der Waals surface area contributed by atoms with Crippen LogP contribution in [0.1, 0.15) is 15.9 Å². The number of benzene rings is 2. The van der Waals surface area contributed by atoms with E-state index in [0.29, 0.717) is 4.82 Å². The van der Waals surface area contributed by atoms with Gasteiger partial charge in [0.25, 0.3) is 13.6 Å². The third-order valence-corrected chi connectivity index (χ3v) is 3.43. The molecule has 1 aliphatic rings. The number of hydrogen-bond donors (Lipinski definition) is 0.